The third kappa shape index (κ3) is 2.85. The Morgan fingerprint density at radius 2 is 2.06 bits per heavy atom. The molecule has 2 rings (SSSR count). The van der Waals surface area contributed by atoms with Gasteiger partial charge in [0.1, 0.15) is 0 Å². The van der Waals surface area contributed by atoms with Gasteiger partial charge in [0.05, 0.1) is 12.7 Å². The summed E-state index contributed by atoms with van der Waals surface area (Å²) in [6, 6.07) is 9.94. The normalized spacial score (nSPS) is 11.5. The molecule has 0 radical (unpaired) electrons. The molecule has 2 aromatic rings. The topological polar surface area (TPSA) is 55.1 Å². The molecule has 1 aromatic carbocycles. The third-order valence-corrected chi connectivity index (χ3v) is 2.66. The Morgan fingerprint density at radius 1 is 1.33 bits per heavy atom. The molecule has 4 nitrogen and oxygen atoms in total. The minimum atomic E-state index is -0.898. The molecule has 0 aliphatic carbocycles. The van der Waals surface area contributed by atoms with Crippen LogP contribution >= 0.6 is 0 Å². The van der Waals surface area contributed by atoms with Crippen LogP contribution in [0.15, 0.2) is 54.4 Å². The van der Waals surface area contributed by atoms with E-state index in [1.54, 1.807) is 23.9 Å². The van der Waals surface area contributed by atoms with Crippen LogP contribution in [0.1, 0.15) is 6.92 Å². The highest BCUT2D eigenvalue weighted by Gasteiger charge is 2.02. The zero-order valence-electron chi connectivity index (χ0n) is 10.1. The van der Waals surface area contributed by atoms with E-state index in [1.165, 1.54) is 0 Å². The number of hydrogen-bond donors (Lipinski definition) is 1. The minimum Gasteiger partial charge on any atom is -0.478 e. The average Bonchev–Trinajstić information content (AvgIpc) is 2.85. The number of hydrogen-bond acceptors (Lipinski definition) is 2. The molecule has 0 amide bonds. The summed E-state index contributed by atoms with van der Waals surface area (Å²) in [7, 11) is 0. The van der Waals surface area contributed by atoms with Gasteiger partial charge < -0.3 is 5.11 Å². The molecular formula is C14H14N2O2. The number of nitrogens with zero attached hydrogens (tertiary/aromatic N) is 2. The smallest absolute Gasteiger partial charge is 0.331 e. The average molecular weight is 242 g/mol. The Bertz CT molecular complexity index is 570. The number of carboxylic acids is 1. The summed E-state index contributed by atoms with van der Waals surface area (Å²) in [5.74, 6) is -0.898. The number of aliphatic carboxylic acids is 1. The van der Waals surface area contributed by atoms with E-state index >= 15 is 0 Å². The van der Waals surface area contributed by atoms with Crippen molar-refractivity contribution in [2.45, 2.75) is 13.5 Å². The number of aromatic nitrogens is 2. The lowest BCUT2D eigenvalue weighted by molar-refractivity contribution is -0.132. The summed E-state index contributed by atoms with van der Waals surface area (Å²) in [6.07, 6.45) is 5.32. The van der Waals surface area contributed by atoms with Gasteiger partial charge in [0.2, 0.25) is 0 Å². The van der Waals surface area contributed by atoms with Crippen LogP contribution in [0.5, 0.6) is 0 Å². The number of rotatable bonds is 4. The van der Waals surface area contributed by atoms with Gasteiger partial charge in [-0.1, -0.05) is 36.4 Å². The van der Waals surface area contributed by atoms with Gasteiger partial charge in [0.15, 0.2) is 0 Å². The van der Waals surface area contributed by atoms with Crippen molar-refractivity contribution < 1.29 is 9.90 Å². The standard InChI is InChI=1S/C14H14N2O2/c1-11(14(17)18)7-8-16-10-13(9-15-16)12-5-3-2-4-6-12/h2-7,9-10H,8H2,1H3,(H,17,18). The van der Waals surface area contributed by atoms with Gasteiger partial charge in [-0.05, 0) is 12.5 Å². The predicted octanol–water partition coefficient (Wildman–Crippen LogP) is 2.58. The molecule has 0 aliphatic heterocycles. The highest BCUT2D eigenvalue weighted by molar-refractivity contribution is 5.85. The Hall–Kier alpha value is -2.36. The molecule has 0 saturated carbocycles. The van der Waals surface area contributed by atoms with Crippen LogP contribution in [-0.2, 0) is 11.3 Å². The Balaban J connectivity index is 2.12. The van der Waals surface area contributed by atoms with Crippen molar-refractivity contribution in [1.82, 2.24) is 9.78 Å². The van der Waals surface area contributed by atoms with Crippen LogP contribution in [0, 0.1) is 0 Å². The fourth-order valence-corrected chi connectivity index (χ4v) is 1.56. The van der Waals surface area contributed by atoms with Crippen molar-refractivity contribution in [3.8, 4) is 11.1 Å². The van der Waals surface area contributed by atoms with Crippen LogP contribution in [-0.4, -0.2) is 20.9 Å². The van der Waals surface area contributed by atoms with Crippen LogP contribution in [0.4, 0.5) is 0 Å². The minimum absolute atomic E-state index is 0.326. The molecule has 18 heavy (non-hydrogen) atoms. The maximum absolute atomic E-state index is 10.6. The molecular weight excluding hydrogens is 228 g/mol. The van der Waals surface area contributed by atoms with Crippen molar-refractivity contribution in [3.63, 3.8) is 0 Å². The van der Waals surface area contributed by atoms with E-state index in [-0.39, 0.29) is 0 Å². The molecule has 0 saturated heterocycles. The fourth-order valence-electron chi connectivity index (χ4n) is 1.56. The highest BCUT2D eigenvalue weighted by Crippen LogP contribution is 2.17. The predicted molar refractivity (Wildman–Crippen MR) is 69.1 cm³/mol. The lowest BCUT2D eigenvalue weighted by atomic mass is 10.1. The summed E-state index contributed by atoms with van der Waals surface area (Å²) in [6.45, 7) is 2.04. The van der Waals surface area contributed by atoms with Gasteiger partial charge in [0, 0.05) is 17.3 Å². The van der Waals surface area contributed by atoms with Crippen LogP contribution in [0.3, 0.4) is 0 Å². The van der Waals surface area contributed by atoms with Crippen molar-refractivity contribution in [1.29, 1.82) is 0 Å². The van der Waals surface area contributed by atoms with Gasteiger partial charge in [-0.15, -0.1) is 0 Å². The number of carboxylic acid groups (broad SMARTS) is 1. The second-order valence-corrected chi connectivity index (χ2v) is 4.01. The van der Waals surface area contributed by atoms with Crippen LogP contribution in [0.2, 0.25) is 0 Å². The first-order chi connectivity index (χ1) is 8.66. The summed E-state index contributed by atoms with van der Waals surface area (Å²) in [5, 5.41) is 12.9. The zero-order valence-corrected chi connectivity index (χ0v) is 10.1. The second-order valence-electron chi connectivity index (χ2n) is 4.01. The van der Waals surface area contributed by atoms with Gasteiger partial charge in [0.25, 0.3) is 0 Å². The number of benzene rings is 1. The van der Waals surface area contributed by atoms with E-state index in [0.717, 1.165) is 11.1 Å². The summed E-state index contributed by atoms with van der Waals surface area (Å²) < 4.78 is 1.72. The first-order valence-corrected chi connectivity index (χ1v) is 5.65. The summed E-state index contributed by atoms with van der Waals surface area (Å²) >= 11 is 0. The maximum Gasteiger partial charge on any atom is 0.331 e. The Labute approximate surface area is 105 Å². The van der Waals surface area contributed by atoms with E-state index in [1.807, 2.05) is 36.5 Å². The van der Waals surface area contributed by atoms with Gasteiger partial charge >= 0.3 is 5.97 Å². The molecule has 1 aromatic heterocycles. The van der Waals surface area contributed by atoms with Gasteiger partial charge in [-0.25, -0.2) is 4.79 Å². The first kappa shape index (κ1) is 12.1. The second kappa shape index (κ2) is 5.31. The van der Waals surface area contributed by atoms with Crippen LogP contribution < -0.4 is 0 Å². The largest absolute Gasteiger partial charge is 0.478 e. The fraction of sp³-hybridized carbons (Fsp3) is 0.143. The number of allylic oxidation sites excluding steroid dienone is 1. The first-order valence-electron chi connectivity index (χ1n) is 5.65. The monoisotopic (exact) mass is 242 g/mol. The van der Waals surface area contributed by atoms with E-state index in [0.29, 0.717) is 12.1 Å². The molecule has 0 fully saturated rings. The van der Waals surface area contributed by atoms with E-state index in [4.69, 9.17) is 5.11 Å². The van der Waals surface area contributed by atoms with Crippen molar-refractivity contribution in [2.24, 2.45) is 0 Å². The molecule has 0 unspecified atom stereocenters. The molecule has 1 heterocycles. The van der Waals surface area contributed by atoms with E-state index < -0.39 is 5.97 Å². The molecule has 0 atom stereocenters. The highest BCUT2D eigenvalue weighted by atomic mass is 16.4. The molecule has 0 bridgehead atoms. The maximum atomic E-state index is 10.6. The third-order valence-electron chi connectivity index (χ3n) is 2.66. The van der Waals surface area contributed by atoms with E-state index in [2.05, 4.69) is 5.10 Å². The van der Waals surface area contributed by atoms with Crippen molar-refractivity contribution in [3.05, 3.63) is 54.4 Å². The van der Waals surface area contributed by atoms with Gasteiger partial charge in [-0.2, -0.15) is 5.10 Å². The lowest BCUT2D eigenvalue weighted by Gasteiger charge is -1.97. The SMILES string of the molecule is CC(=CCn1cc(-c2ccccc2)cn1)C(=O)O. The molecule has 0 spiro atoms. The van der Waals surface area contributed by atoms with Gasteiger partial charge in [-0.3, -0.25) is 4.68 Å². The Kier molecular flexibility index (Phi) is 3.57. The molecule has 92 valence electrons. The number of carbonyl (C=O) groups is 1. The molecule has 1 N–H and O–H groups in total. The van der Waals surface area contributed by atoms with Crippen LogP contribution in [0.25, 0.3) is 11.1 Å². The Morgan fingerprint density at radius 3 is 2.72 bits per heavy atom. The summed E-state index contributed by atoms with van der Waals surface area (Å²) in [4.78, 5) is 10.6. The van der Waals surface area contributed by atoms with E-state index in [9.17, 15) is 4.79 Å². The lowest BCUT2D eigenvalue weighted by Crippen LogP contribution is -2.00. The zero-order chi connectivity index (χ0) is 13.0. The molecule has 0 aliphatic rings. The van der Waals surface area contributed by atoms with Crippen molar-refractivity contribution in [2.75, 3.05) is 0 Å². The quantitative estimate of drug-likeness (QED) is 0.838. The summed E-state index contributed by atoms with van der Waals surface area (Å²) in [5.41, 5.74) is 2.45. The molecule has 4 heteroatoms. The van der Waals surface area contributed by atoms with Crippen molar-refractivity contribution >= 4 is 5.97 Å².